The molecular weight excluding hydrogens is 326 g/mol. The standard InChI is InChI=1S/C18H25N3O2.ClH/c22-17(8-3-14-9-11-19-12-10-14)20-15-4-6-16(7-5-15)21-13-1-2-18(21)23;/h4-7,14,19H,1-3,8-13H2,(H,20,22);1H. The Hall–Kier alpha value is -1.59. The summed E-state index contributed by atoms with van der Waals surface area (Å²) in [5, 5.41) is 6.30. The van der Waals surface area contributed by atoms with Crippen LogP contribution >= 0.6 is 12.4 Å². The molecule has 0 aromatic heterocycles. The van der Waals surface area contributed by atoms with Crippen molar-refractivity contribution in [2.75, 3.05) is 29.9 Å². The molecule has 0 atom stereocenters. The summed E-state index contributed by atoms with van der Waals surface area (Å²) in [5.41, 5.74) is 1.72. The molecule has 0 radical (unpaired) electrons. The van der Waals surface area contributed by atoms with Gasteiger partial charge in [0.2, 0.25) is 11.8 Å². The van der Waals surface area contributed by atoms with E-state index in [-0.39, 0.29) is 24.2 Å². The topological polar surface area (TPSA) is 61.4 Å². The van der Waals surface area contributed by atoms with Crippen LogP contribution in [-0.2, 0) is 9.59 Å². The minimum atomic E-state index is 0. The molecule has 5 nitrogen and oxygen atoms in total. The third-order valence-electron chi connectivity index (χ3n) is 4.77. The third kappa shape index (κ3) is 4.95. The van der Waals surface area contributed by atoms with E-state index in [1.165, 1.54) is 12.8 Å². The number of nitrogens with zero attached hydrogens (tertiary/aromatic N) is 1. The molecule has 1 aromatic rings. The molecule has 0 bridgehead atoms. The fourth-order valence-electron chi connectivity index (χ4n) is 3.37. The van der Waals surface area contributed by atoms with Crippen LogP contribution in [0.15, 0.2) is 24.3 Å². The molecular formula is C18H26ClN3O2. The molecule has 24 heavy (non-hydrogen) atoms. The van der Waals surface area contributed by atoms with Crippen molar-refractivity contribution in [3.05, 3.63) is 24.3 Å². The van der Waals surface area contributed by atoms with Crippen molar-refractivity contribution >= 4 is 35.6 Å². The highest BCUT2D eigenvalue weighted by Crippen LogP contribution is 2.23. The van der Waals surface area contributed by atoms with Crippen LogP contribution in [0, 0.1) is 5.92 Å². The highest BCUT2D eigenvalue weighted by Gasteiger charge is 2.21. The van der Waals surface area contributed by atoms with Crippen LogP contribution in [0.3, 0.4) is 0 Å². The molecule has 1 aromatic carbocycles. The van der Waals surface area contributed by atoms with E-state index in [2.05, 4.69) is 10.6 Å². The maximum absolute atomic E-state index is 12.1. The van der Waals surface area contributed by atoms with Gasteiger partial charge in [0.25, 0.3) is 0 Å². The lowest BCUT2D eigenvalue weighted by Gasteiger charge is -2.22. The molecule has 2 saturated heterocycles. The SMILES string of the molecule is Cl.O=C(CCC1CCNCC1)Nc1ccc(N2CCCC2=O)cc1. The average molecular weight is 352 g/mol. The molecule has 2 N–H and O–H groups in total. The van der Waals surface area contributed by atoms with E-state index in [1.807, 2.05) is 29.2 Å². The van der Waals surface area contributed by atoms with Gasteiger partial charge < -0.3 is 15.5 Å². The normalized spacial score (nSPS) is 18.3. The number of piperidine rings is 1. The first-order valence-corrected chi connectivity index (χ1v) is 8.63. The molecule has 2 heterocycles. The molecule has 132 valence electrons. The van der Waals surface area contributed by atoms with Gasteiger partial charge in [0.15, 0.2) is 0 Å². The van der Waals surface area contributed by atoms with Crippen LogP contribution in [0.1, 0.15) is 38.5 Å². The van der Waals surface area contributed by atoms with Crippen molar-refractivity contribution in [2.45, 2.75) is 38.5 Å². The molecule has 0 saturated carbocycles. The predicted octanol–water partition coefficient (Wildman–Crippen LogP) is 2.95. The van der Waals surface area contributed by atoms with Gasteiger partial charge in [-0.2, -0.15) is 0 Å². The van der Waals surface area contributed by atoms with Crippen LogP contribution in [0.2, 0.25) is 0 Å². The van der Waals surface area contributed by atoms with Gasteiger partial charge >= 0.3 is 0 Å². The molecule has 0 aliphatic carbocycles. The maximum atomic E-state index is 12.1. The van der Waals surface area contributed by atoms with E-state index in [0.29, 0.717) is 18.8 Å². The number of halogens is 1. The highest BCUT2D eigenvalue weighted by atomic mass is 35.5. The number of hydrogen-bond donors (Lipinski definition) is 2. The number of carbonyl (C=O) groups excluding carboxylic acids is 2. The predicted molar refractivity (Wildman–Crippen MR) is 98.7 cm³/mol. The summed E-state index contributed by atoms with van der Waals surface area (Å²) < 4.78 is 0. The quantitative estimate of drug-likeness (QED) is 0.857. The van der Waals surface area contributed by atoms with Crippen molar-refractivity contribution in [3.8, 4) is 0 Å². The first-order valence-electron chi connectivity index (χ1n) is 8.63. The number of amides is 2. The Bertz CT molecular complexity index is 556. The van der Waals surface area contributed by atoms with Gasteiger partial charge in [-0.3, -0.25) is 9.59 Å². The van der Waals surface area contributed by atoms with E-state index in [9.17, 15) is 9.59 Å². The number of nitrogens with one attached hydrogen (secondary N) is 2. The smallest absolute Gasteiger partial charge is 0.227 e. The lowest BCUT2D eigenvalue weighted by atomic mass is 9.93. The summed E-state index contributed by atoms with van der Waals surface area (Å²) in [6, 6.07) is 7.57. The van der Waals surface area contributed by atoms with Gasteiger partial charge in [-0.1, -0.05) is 0 Å². The van der Waals surface area contributed by atoms with Crippen LogP contribution in [-0.4, -0.2) is 31.4 Å². The minimum absolute atomic E-state index is 0. The fourth-order valence-corrected chi connectivity index (χ4v) is 3.37. The zero-order valence-electron chi connectivity index (χ0n) is 13.9. The first-order chi connectivity index (χ1) is 11.2. The highest BCUT2D eigenvalue weighted by molar-refractivity contribution is 5.96. The number of anilines is 2. The van der Waals surface area contributed by atoms with Crippen molar-refractivity contribution in [2.24, 2.45) is 5.92 Å². The molecule has 2 aliphatic rings. The third-order valence-corrected chi connectivity index (χ3v) is 4.77. The Morgan fingerprint density at radius 1 is 1.21 bits per heavy atom. The second-order valence-corrected chi connectivity index (χ2v) is 6.48. The molecule has 2 aliphatic heterocycles. The second-order valence-electron chi connectivity index (χ2n) is 6.48. The van der Waals surface area contributed by atoms with Crippen LogP contribution in [0.25, 0.3) is 0 Å². The van der Waals surface area contributed by atoms with Crippen LogP contribution < -0.4 is 15.5 Å². The van der Waals surface area contributed by atoms with Crippen LogP contribution in [0.4, 0.5) is 11.4 Å². The van der Waals surface area contributed by atoms with Gasteiger partial charge in [-0.15, -0.1) is 12.4 Å². The van der Waals surface area contributed by atoms with Gasteiger partial charge in [-0.25, -0.2) is 0 Å². The lowest BCUT2D eigenvalue weighted by molar-refractivity contribution is -0.117. The van der Waals surface area contributed by atoms with Crippen LogP contribution in [0.5, 0.6) is 0 Å². The fraction of sp³-hybridized carbons (Fsp3) is 0.556. The maximum Gasteiger partial charge on any atom is 0.227 e. The summed E-state index contributed by atoms with van der Waals surface area (Å²) >= 11 is 0. The van der Waals surface area contributed by atoms with Crippen molar-refractivity contribution in [1.82, 2.24) is 5.32 Å². The van der Waals surface area contributed by atoms with Gasteiger partial charge in [-0.05, 0) is 69.0 Å². The summed E-state index contributed by atoms with van der Waals surface area (Å²) in [4.78, 5) is 25.6. The van der Waals surface area contributed by atoms with E-state index in [4.69, 9.17) is 0 Å². The molecule has 0 spiro atoms. The molecule has 2 amide bonds. The Kier molecular flexibility index (Phi) is 7.06. The molecule has 2 fully saturated rings. The summed E-state index contributed by atoms with van der Waals surface area (Å²) in [6.45, 7) is 2.94. The molecule has 3 rings (SSSR count). The summed E-state index contributed by atoms with van der Waals surface area (Å²) in [5.74, 6) is 0.933. The molecule has 6 heteroatoms. The average Bonchev–Trinajstić information content (AvgIpc) is 3.01. The zero-order valence-corrected chi connectivity index (χ0v) is 14.7. The van der Waals surface area contributed by atoms with E-state index in [1.54, 1.807) is 0 Å². The summed E-state index contributed by atoms with van der Waals surface area (Å²) in [7, 11) is 0. The van der Waals surface area contributed by atoms with Crippen molar-refractivity contribution in [1.29, 1.82) is 0 Å². The second kappa shape index (κ2) is 9.04. The first kappa shape index (κ1) is 18.7. The Balaban J connectivity index is 0.00000208. The number of benzene rings is 1. The van der Waals surface area contributed by atoms with Crippen molar-refractivity contribution < 1.29 is 9.59 Å². The number of hydrogen-bond acceptors (Lipinski definition) is 3. The molecule has 0 unspecified atom stereocenters. The Labute approximate surface area is 149 Å². The minimum Gasteiger partial charge on any atom is -0.326 e. The van der Waals surface area contributed by atoms with E-state index >= 15 is 0 Å². The van der Waals surface area contributed by atoms with E-state index < -0.39 is 0 Å². The summed E-state index contributed by atoms with van der Waals surface area (Å²) in [6.07, 6.45) is 5.45. The lowest BCUT2D eigenvalue weighted by Crippen LogP contribution is -2.28. The Morgan fingerprint density at radius 2 is 1.92 bits per heavy atom. The largest absolute Gasteiger partial charge is 0.326 e. The number of carbonyl (C=O) groups is 2. The monoisotopic (exact) mass is 351 g/mol. The van der Waals surface area contributed by atoms with Crippen molar-refractivity contribution in [3.63, 3.8) is 0 Å². The van der Waals surface area contributed by atoms with E-state index in [0.717, 1.165) is 43.9 Å². The van der Waals surface area contributed by atoms with Gasteiger partial charge in [0.1, 0.15) is 0 Å². The Morgan fingerprint density at radius 3 is 2.54 bits per heavy atom. The zero-order chi connectivity index (χ0) is 16.1. The van der Waals surface area contributed by atoms with Gasteiger partial charge in [0, 0.05) is 30.8 Å². The van der Waals surface area contributed by atoms with Gasteiger partial charge in [0.05, 0.1) is 0 Å². The number of rotatable bonds is 5.